The molecule has 2 aromatic rings. The van der Waals surface area contributed by atoms with Crippen molar-refractivity contribution >= 4 is 27.5 Å². The summed E-state index contributed by atoms with van der Waals surface area (Å²) in [6.07, 6.45) is 1.92. The van der Waals surface area contributed by atoms with Crippen LogP contribution in [0.2, 0.25) is 0 Å². The molecule has 5 heteroatoms. The molecular weight excluding hydrogens is 278 g/mol. The van der Waals surface area contributed by atoms with E-state index in [4.69, 9.17) is 0 Å². The van der Waals surface area contributed by atoms with E-state index in [0.717, 1.165) is 10.5 Å². The van der Waals surface area contributed by atoms with Crippen LogP contribution in [0.1, 0.15) is 5.56 Å². The number of thioether (sulfide) groups is 1. The molecule has 3 nitrogen and oxygen atoms in total. The fraction of sp³-hybridized carbons (Fsp3) is 0.143. The molecule has 100 valence electrons. The highest BCUT2D eigenvalue weighted by Crippen LogP contribution is 2.27. The predicted octanol–water partition coefficient (Wildman–Crippen LogP) is 3.52. The van der Waals surface area contributed by atoms with Crippen molar-refractivity contribution in [3.63, 3.8) is 0 Å². The third-order valence-corrected chi connectivity index (χ3v) is 5.06. The predicted molar refractivity (Wildman–Crippen MR) is 80.2 cm³/mol. The highest BCUT2D eigenvalue weighted by atomic mass is 32.2. The topological polar surface area (TPSA) is 46.2 Å². The Labute approximate surface area is 118 Å². The molecule has 0 spiro atoms. The number of hydrogen-bond donors (Lipinski definition) is 1. The van der Waals surface area contributed by atoms with Gasteiger partial charge in [-0.25, -0.2) is 8.42 Å². The molecule has 2 rings (SSSR count). The molecule has 0 unspecified atom stereocenters. The van der Waals surface area contributed by atoms with Gasteiger partial charge < -0.3 is 0 Å². The molecule has 0 saturated heterocycles. The zero-order valence-corrected chi connectivity index (χ0v) is 12.4. The van der Waals surface area contributed by atoms with Gasteiger partial charge in [-0.15, -0.1) is 11.8 Å². The van der Waals surface area contributed by atoms with Crippen LogP contribution in [0, 0.1) is 6.92 Å². The van der Waals surface area contributed by atoms with E-state index in [2.05, 4.69) is 4.72 Å². The van der Waals surface area contributed by atoms with Crippen molar-refractivity contribution in [2.75, 3.05) is 11.0 Å². The van der Waals surface area contributed by atoms with Crippen molar-refractivity contribution in [3.8, 4) is 0 Å². The first kappa shape index (κ1) is 14.0. The zero-order chi connectivity index (χ0) is 13.9. The Morgan fingerprint density at radius 3 is 2.32 bits per heavy atom. The van der Waals surface area contributed by atoms with Gasteiger partial charge in [-0.1, -0.05) is 30.3 Å². The Balaban J connectivity index is 2.40. The van der Waals surface area contributed by atoms with Crippen molar-refractivity contribution < 1.29 is 8.42 Å². The zero-order valence-electron chi connectivity index (χ0n) is 10.8. The molecule has 0 saturated carbocycles. The molecule has 0 heterocycles. The van der Waals surface area contributed by atoms with Crippen LogP contribution in [0.15, 0.2) is 58.3 Å². The van der Waals surface area contributed by atoms with Gasteiger partial charge in [-0.2, -0.15) is 0 Å². The average Bonchev–Trinajstić information content (AvgIpc) is 2.39. The number of hydrogen-bond acceptors (Lipinski definition) is 3. The van der Waals surface area contributed by atoms with E-state index in [1.165, 1.54) is 11.8 Å². The average molecular weight is 293 g/mol. The van der Waals surface area contributed by atoms with Crippen molar-refractivity contribution in [1.29, 1.82) is 0 Å². The van der Waals surface area contributed by atoms with E-state index in [-0.39, 0.29) is 0 Å². The van der Waals surface area contributed by atoms with Gasteiger partial charge in [-0.3, -0.25) is 4.72 Å². The second kappa shape index (κ2) is 5.67. The Morgan fingerprint density at radius 1 is 1.00 bits per heavy atom. The van der Waals surface area contributed by atoms with Crippen molar-refractivity contribution in [2.45, 2.75) is 16.7 Å². The number of benzene rings is 2. The molecule has 0 amide bonds. The van der Waals surface area contributed by atoms with E-state index in [1.54, 1.807) is 31.2 Å². The fourth-order valence-electron chi connectivity index (χ4n) is 1.79. The van der Waals surface area contributed by atoms with E-state index in [9.17, 15) is 8.42 Å². The summed E-state index contributed by atoms with van der Waals surface area (Å²) < 4.78 is 27.4. The Hall–Kier alpha value is -1.46. The molecule has 2 aromatic carbocycles. The van der Waals surface area contributed by atoms with Crippen LogP contribution >= 0.6 is 11.8 Å². The van der Waals surface area contributed by atoms with Gasteiger partial charge in [0.05, 0.1) is 10.6 Å². The Kier molecular flexibility index (Phi) is 4.17. The normalized spacial score (nSPS) is 11.3. The van der Waals surface area contributed by atoms with Crippen LogP contribution in [-0.4, -0.2) is 14.7 Å². The maximum atomic E-state index is 12.4. The summed E-state index contributed by atoms with van der Waals surface area (Å²) in [6.45, 7) is 1.79. The second-order valence-electron chi connectivity index (χ2n) is 4.07. The highest BCUT2D eigenvalue weighted by Gasteiger charge is 2.17. The van der Waals surface area contributed by atoms with Gasteiger partial charge in [-0.05, 0) is 36.9 Å². The quantitative estimate of drug-likeness (QED) is 0.877. The molecule has 0 bridgehead atoms. The fourth-order valence-corrected chi connectivity index (χ4v) is 3.73. The summed E-state index contributed by atoms with van der Waals surface area (Å²) in [5, 5.41) is 0. The minimum atomic E-state index is -3.54. The monoisotopic (exact) mass is 293 g/mol. The molecular formula is C14H15NO2S2. The number of anilines is 1. The lowest BCUT2D eigenvalue weighted by molar-refractivity contribution is 0.600. The van der Waals surface area contributed by atoms with Gasteiger partial charge in [0, 0.05) is 4.90 Å². The van der Waals surface area contributed by atoms with Crippen LogP contribution in [0.4, 0.5) is 5.69 Å². The lowest BCUT2D eigenvalue weighted by Crippen LogP contribution is -2.14. The van der Waals surface area contributed by atoms with Crippen LogP contribution in [-0.2, 0) is 10.0 Å². The first-order valence-corrected chi connectivity index (χ1v) is 8.47. The standard InChI is InChI=1S/C14H15NO2S2/c1-11-7-3-6-10-14(11)19(16,17)15-12-8-4-5-9-13(12)18-2/h3-10,15H,1-2H3. The molecule has 0 aliphatic carbocycles. The first-order valence-electron chi connectivity index (χ1n) is 5.76. The van der Waals surface area contributed by atoms with E-state index in [0.29, 0.717) is 10.6 Å². The lowest BCUT2D eigenvalue weighted by Gasteiger charge is -2.12. The molecule has 1 N–H and O–H groups in total. The van der Waals surface area contributed by atoms with Gasteiger partial charge in [0.1, 0.15) is 0 Å². The SMILES string of the molecule is CSc1ccccc1NS(=O)(=O)c1ccccc1C. The Bertz CT molecular complexity index is 681. The number of rotatable bonds is 4. The van der Waals surface area contributed by atoms with E-state index >= 15 is 0 Å². The van der Waals surface area contributed by atoms with Gasteiger partial charge in [0.15, 0.2) is 0 Å². The van der Waals surface area contributed by atoms with Crippen molar-refractivity contribution in [2.24, 2.45) is 0 Å². The minimum absolute atomic E-state index is 0.311. The van der Waals surface area contributed by atoms with Crippen molar-refractivity contribution in [3.05, 3.63) is 54.1 Å². The highest BCUT2D eigenvalue weighted by molar-refractivity contribution is 7.99. The van der Waals surface area contributed by atoms with Crippen LogP contribution in [0.3, 0.4) is 0 Å². The third kappa shape index (κ3) is 3.11. The summed E-state index contributed by atoms with van der Waals surface area (Å²) in [7, 11) is -3.54. The molecule has 0 atom stereocenters. The van der Waals surface area contributed by atoms with Crippen LogP contribution in [0.25, 0.3) is 0 Å². The van der Waals surface area contributed by atoms with E-state index < -0.39 is 10.0 Å². The molecule has 0 fully saturated rings. The van der Waals surface area contributed by atoms with Gasteiger partial charge >= 0.3 is 0 Å². The number of nitrogens with one attached hydrogen (secondary N) is 1. The first-order chi connectivity index (χ1) is 9.04. The number of aryl methyl sites for hydroxylation is 1. The van der Waals surface area contributed by atoms with Crippen LogP contribution in [0.5, 0.6) is 0 Å². The third-order valence-electron chi connectivity index (χ3n) is 2.73. The number of sulfonamides is 1. The van der Waals surface area contributed by atoms with E-state index in [1.807, 2.05) is 30.5 Å². The maximum Gasteiger partial charge on any atom is 0.262 e. The summed E-state index contributed by atoms with van der Waals surface area (Å²) >= 11 is 1.51. The largest absolute Gasteiger partial charge is 0.278 e. The summed E-state index contributed by atoms with van der Waals surface area (Å²) in [5.74, 6) is 0. The summed E-state index contributed by atoms with van der Waals surface area (Å²) in [6, 6.07) is 14.3. The van der Waals surface area contributed by atoms with Gasteiger partial charge in [0.2, 0.25) is 0 Å². The minimum Gasteiger partial charge on any atom is -0.278 e. The molecule has 0 aromatic heterocycles. The Morgan fingerprint density at radius 2 is 1.63 bits per heavy atom. The lowest BCUT2D eigenvalue weighted by atomic mass is 10.2. The maximum absolute atomic E-state index is 12.4. The summed E-state index contributed by atoms with van der Waals surface area (Å²) in [4.78, 5) is 1.21. The van der Waals surface area contributed by atoms with Crippen LogP contribution < -0.4 is 4.72 Å². The smallest absolute Gasteiger partial charge is 0.262 e. The second-order valence-corrected chi connectivity index (χ2v) is 6.57. The molecule has 0 aliphatic heterocycles. The molecule has 0 aliphatic rings. The van der Waals surface area contributed by atoms with Crippen molar-refractivity contribution in [1.82, 2.24) is 0 Å². The summed E-state index contributed by atoms with van der Waals surface area (Å²) in [5.41, 5.74) is 1.34. The molecule has 19 heavy (non-hydrogen) atoms. The number of para-hydroxylation sites is 1. The molecule has 0 radical (unpaired) electrons. The van der Waals surface area contributed by atoms with Gasteiger partial charge in [0.25, 0.3) is 10.0 Å².